The summed E-state index contributed by atoms with van der Waals surface area (Å²) in [6.07, 6.45) is 12.1. The van der Waals surface area contributed by atoms with Crippen LogP contribution in [0.2, 0.25) is 0 Å². The lowest BCUT2D eigenvalue weighted by Crippen LogP contribution is -2.44. The van der Waals surface area contributed by atoms with Gasteiger partial charge in [-0.1, -0.05) is 49.6 Å². The lowest BCUT2D eigenvalue weighted by Gasteiger charge is -2.41. The molecule has 2 fully saturated rings. The maximum atomic E-state index is 12.5. The summed E-state index contributed by atoms with van der Waals surface area (Å²) in [5.74, 6) is 2.20. The van der Waals surface area contributed by atoms with E-state index < -0.39 is 0 Å². The Morgan fingerprint density at radius 3 is 2.41 bits per heavy atom. The van der Waals surface area contributed by atoms with Crippen molar-refractivity contribution < 1.29 is 9.59 Å². The van der Waals surface area contributed by atoms with Gasteiger partial charge in [-0.3, -0.25) is 9.59 Å². The Balaban J connectivity index is 1.25. The van der Waals surface area contributed by atoms with E-state index in [0.29, 0.717) is 25.0 Å². The van der Waals surface area contributed by atoms with Crippen LogP contribution in [0.15, 0.2) is 30.3 Å². The normalized spacial score (nSPS) is 22.3. The lowest BCUT2D eigenvalue weighted by molar-refractivity contribution is -0.134. The molecule has 3 heteroatoms. The molecule has 148 valence electrons. The minimum Gasteiger partial charge on any atom is -0.342 e. The molecule has 1 amide bonds. The molecule has 0 aromatic heterocycles. The zero-order valence-electron chi connectivity index (χ0n) is 16.7. The average Bonchev–Trinajstić information content (AvgIpc) is 2.71. The second kappa shape index (κ2) is 10.6. The minimum absolute atomic E-state index is 0.274. The van der Waals surface area contributed by atoms with Crippen molar-refractivity contribution in [1.82, 2.24) is 4.90 Å². The maximum absolute atomic E-state index is 12.5. The highest BCUT2D eigenvalue weighted by Gasteiger charge is 2.32. The number of amides is 1. The fourth-order valence-electron chi connectivity index (χ4n) is 4.84. The number of ketones is 1. The first-order valence-electron chi connectivity index (χ1n) is 11.1. The minimum atomic E-state index is 0.274. The number of carbonyl (C=O) groups excluding carboxylic acids is 2. The summed E-state index contributed by atoms with van der Waals surface area (Å²) < 4.78 is 0. The van der Waals surface area contributed by atoms with Crippen LogP contribution in [0.25, 0.3) is 0 Å². The Morgan fingerprint density at radius 2 is 1.59 bits per heavy atom. The molecule has 1 aliphatic heterocycles. The Labute approximate surface area is 164 Å². The number of Topliss-reactive ketones (excluding diaryl/α,β-unsaturated/α-hetero) is 1. The zero-order chi connectivity index (χ0) is 18.9. The smallest absolute Gasteiger partial charge is 0.222 e. The molecule has 1 heterocycles. The fraction of sp³-hybridized carbons (Fsp3) is 0.667. The van der Waals surface area contributed by atoms with Gasteiger partial charge in [-0.2, -0.15) is 0 Å². The van der Waals surface area contributed by atoms with Crippen molar-refractivity contribution in [1.29, 1.82) is 0 Å². The van der Waals surface area contributed by atoms with Gasteiger partial charge in [0.15, 0.2) is 0 Å². The standard InChI is InChI=1S/C24H35NO2/c26-23(14-7-4-11-20-9-2-1-3-10-20)15-8-16-24(27)25-18-17-21-12-5-6-13-22(21)19-25/h1-3,9-10,21-22H,4-8,11-19H2. The molecule has 1 aromatic carbocycles. The molecular weight excluding hydrogens is 334 g/mol. The van der Waals surface area contributed by atoms with E-state index in [1.165, 1.54) is 37.7 Å². The van der Waals surface area contributed by atoms with Crippen molar-refractivity contribution >= 4 is 11.7 Å². The van der Waals surface area contributed by atoms with E-state index in [0.717, 1.165) is 50.6 Å². The monoisotopic (exact) mass is 369 g/mol. The topological polar surface area (TPSA) is 37.4 Å². The molecule has 0 radical (unpaired) electrons. The quantitative estimate of drug-likeness (QED) is 0.563. The molecule has 1 saturated carbocycles. The largest absolute Gasteiger partial charge is 0.342 e. The molecule has 1 aliphatic carbocycles. The Bertz CT molecular complexity index is 598. The van der Waals surface area contributed by atoms with Crippen LogP contribution in [0.1, 0.15) is 76.2 Å². The Kier molecular flexibility index (Phi) is 7.92. The summed E-state index contributed by atoms with van der Waals surface area (Å²) in [5.41, 5.74) is 1.34. The number of nitrogens with zero attached hydrogens (tertiary/aromatic N) is 1. The summed E-state index contributed by atoms with van der Waals surface area (Å²) in [4.78, 5) is 26.6. The number of rotatable bonds is 9. The van der Waals surface area contributed by atoms with E-state index in [2.05, 4.69) is 29.2 Å². The summed E-state index contributed by atoms with van der Waals surface area (Å²) in [7, 11) is 0. The summed E-state index contributed by atoms with van der Waals surface area (Å²) >= 11 is 0. The van der Waals surface area contributed by atoms with Crippen LogP contribution in [0.3, 0.4) is 0 Å². The van der Waals surface area contributed by atoms with Gasteiger partial charge in [0.05, 0.1) is 0 Å². The highest BCUT2D eigenvalue weighted by atomic mass is 16.2. The van der Waals surface area contributed by atoms with Crippen molar-refractivity contribution in [3.8, 4) is 0 Å². The third kappa shape index (κ3) is 6.48. The number of benzene rings is 1. The summed E-state index contributed by atoms with van der Waals surface area (Å²) in [5, 5.41) is 0. The molecule has 2 aliphatic rings. The maximum Gasteiger partial charge on any atom is 0.222 e. The summed E-state index contributed by atoms with van der Waals surface area (Å²) in [6.45, 7) is 1.91. The summed E-state index contributed by atoms with van der Waals surface area (Å²) in [6, 6.07) is 10.4. The molecule has 1 aromatic rings. The van der Waals surface area contributed by atoms with E-state index in [1.54, 1.807) is 0 Å². The van der Waals surface area contributed by atoms with Gasteiger partial charge in [-0.25, -0.2) is 0 Å². The zero-order valence-corrected chi connectivity index (χ0v) is 16.7. The first-order valence-corrected chi connectivity index (χ1v) is 11.1. The van der Waals surface area contributed by atoms with Crippen molar-refractivity contribution in [3.63, 3.8) is 0 Å². The molecule has 0 bridgehead atoms. The highest BCUT2D eigenvalue weighted by molar-refractivity contribution is 5.80. The highest BCUT2D eigenvalue weighted by Crippen LogP contribution is 2.36. The van der Waals surface area contributed by atoms with Gasteiger partial charge < -0.3 is 4.90 Å². The number of hydrogen-bond acceptors (Lipinski definition) is 2. The molecular formula is C24H35NO2. The third-order valence-electron chi connectivity index (χ3n) is 6.50. The number of fused-ring (bicyclic) bond motifs is 1. The van der Waals surface area contributed by atoms with Gasteiger partial charge in [-0.15, -0.1) is 0 Å². The van der Waals surface area contributed by atoms with E-state index in [4.69, 9.17) is 0 Å². The van der Waals surface area contributed by atoms with Crippen LogP contribution in [0.5, 0.6) is 0 Å². The number of likely N-dealkylation sites (tertiary alicyclic amines) is 1. The van der Waals surface area contributed by atoms with Crippen LogP contribution >= 0.6 is 0 Å². The van der Waals surface area contributed by atoms with Gasteiger partial charge in [0, 0.05) is 32.4 Å². The molecule has 0 N–H and O–H groups in total. The van der Waals surface area contributed by atoms with E-state index in [1.807, 2.05) is 6.07 Å². The van der Waals surface area contributed by atoms with Crippen LogP contribution in [0, 0.1) is 11.8 Å². The number of unbranched alkanes of at least 4 members (excludes halogenated alkanes) is 1. The molecule has 3 rings (SSSR count). The van der Waals surface area contributed by atoms with Crippen molar-refractivity contribution in [2.45, 2.75) is 77.0 Å². The Hall–Kier alpha value is -1.64. The van der Waals surface area contributed by atoms with Crippen molar-refractivity contribution in [3.05, 3.63) is 35.9 Å². The predicted molar refractivity (Wildman–Crippen MR) is 110 cm³/mol. The second-order valence-electron chi connectivity index (χ2n) is 8.52. The number of carbonyl (C=O) groups is 2. The molecule has 2 unspecified atom stereocenters. The van der Waals surface area contributed by atoms with Crippen LogP contribution in [-0.2, 0) is 16.0 Å². The van der Waals surface area contributed by atoms with E-state index in [-0.39, 0.29) is 5.91 Å². The molecule has 0 spiro atoms. The number of piperidine rings is 1. The number of hydrogen-bond donors (Lipinski definition) is 0. The van der Waals surface area contributed by atoms with Crippen molar-refractivity contribution in [2.24, 2.45) is 11.8 Å². The molecule has 2 atom stereocenters. The van der Waals surface area contributed by atoms with Gasteiger partial charge in [0.1, 0.15) is 5.78 Å². The van der Waals surface area contributed by atoms with Gasteiger partial charge in [0.2, 0.25) is 5.91 Å². The van der Waals surface area contributed by atoms with Gasteiger partial charge in [0.25, 0.3) is 0 Å². The molecule has 3 nitrogen and oxygen atoms in total. The van der Waals surface area contributed by atoms with Gasteiger partial charge in [-0.05, 0) is 55.9 Å². The van der Waals surface area contributed by atoms with Gasteiger partial charge >= 0.3 is 0 Å². The molecule has 1 saturated heterocycles. The van der Waals surface area contributed by atoms with Crippen LogP contribution in [0.4, 0.5) is 0 Å². The SMILES string of the molecule is O=C(CCCCc1ccccc1)CCCC(=O)N1CCC2CCCCC2C1. The average molecular weight is 370 g/mol. The lowest BCUT2D eigenvalue weighted by atomic mass is 9.75. The first kappa shape index (κ1) is 20.1. The van der Waals surface area contributed by atoms with E-state index >= 15 is 0 Å². The van der Waals surface area contributed by atoms with Crippen LogP contribution < -0.4 is 0 Å². The third-order valence-corrected chi connectivity index (χ3v) is 6.50. The van der Waals surface area contributed by atoms with Crippen molar-refractivity contribution in [2.75, 3.05) is 13.1 Å². The van der Waals surface area contributed by atoms with E-state index in [9.17, 15) is 9.59 Å². The van der Waals surface area contributed by atoms with Crippen LogP contribution in [-0.4, -0.2) is 29.7 Å². The Morgan fingerprint density at radius 1 is 0.852 bits per heavy atom. The predicted octanol–water partition coefficient (Wildman–Crippen LogP) is 5.18. The number of aryl methyl sites for hydroxylation is 1. The first-order chi connectivity index (χ1) is 13.2. The fourth-order valence-corrected chi connectivity index (χ4v) is 4.84. The molecule has 27 heavy (non-hydrogen) atoms. The second-order valence-corrected chi connectivity index (χ2v) is 8.52.